The average molecular weight is 309 g/mol. The maximum Gasteiger partial charge on any atom is 3.00 e. The second kappa shape index (κ2) is 119. The van der Waals surface area contributed by atoms with Crippen LogP contribution in [0.4, 0.5) is 0 Å². The topological polar surface area (TPSA) is 85.5 Å². The van der Waals surface area contributed by atoms with E-state index in [4.69, 9.17) is 0 Å². The first kappa shape index (κ1) is 156. The van der Waals surface area contributed by atoms with Crippen LogP contribution in [0, 0.1) is 0 Å². The molecule has 0 fully saturated rings. The van der Waals surface area contributed by atoms with Gasteiger partial charge in [0.2, 0.25) is 0 Å². The maximum atomic E-state index is 0. The van der Waals surface area contributed by atoms with Crippen molar-refractivity contribution in [2.45, 2.75) is 0 Å². The zero-order valence-corrected chi connectivity index (χ0v) is 14.9. The second-order valence-corrected chi connectivity index (χ2v) is 0. The first-order valence-electron chi connectivity index (χ1n) is 0. The Hall–Kier alpha value is 3.08. The van der Waals surface area contributed by atoms with Crippen LogP contribution in [0.25, 0.3) is 0 Å². The van der Waals surface area contributed by atoms with E-state index < -0.39 is 0 Å². The molecule has 3 nitrogen and oxygen atoms in total. The normalized spacial score (nSPS) is 0. The molecule has 9 heteroatoms. The molecule has 0 rings (SSSR count). The summed E-state index contributed by atoms with van der Waals surface area (Å²) in [6, 6.07) is 0. The fourth-order valence-corrected chi connectivity index (χ4v) is 0. The van der Waals surface area contributed by atoms with Crippen LogP contribution in [0.5, 0.6) is 0 Å². The van der Waals surface area contributed by atoms with Gasteiger partial charge >= 0.3 is 34.7 Å². The summed E-state index contributed by atoms with van der Waals surface area (Å²) in [5.41, 5.74) is 0. The van der Waals surface area contributed by atoms with Gasteiger partial charge in [-0.25, -0.2) is 0 Å². The van der Waals surface area contributed by atoms with Crippen LogP contribution in [-0.4, -0.2) is 74.3 Å². The predicted octanol–water partition coefficient (Wildman–Crippen LogP) is -1.76. The van der Waals surface area contributed by atoms with Crippen molar-refractivity contribution >= 4 is 94.1 Å². The maximum absolute atomic E-state index is 0. The summed E-state index contributed by atoms with van der Waals surface area (Å²) in [5, 5.41) is 0. The Labute approximate surface area is 109 Å². The minimum atomic E-state index is 0. The van der Waals surface area contributed by atoms with Gasteiger partial charge < -0.3 is 16.4 Å². The van der Waals surface area contributed by atoms with Crippen LogP contribution in [-0.2, 0) is 16.4 Å². The van der Waals surface area contributed by atoms with Gasteiger partial charge in [-0.15, -0.1) is 0 Å². The molecular formula is H6Al2Ga2O3P2. The molecule has 0 aliphatic heterocycles. The SMILES string of the molecule is P.P.[Al+3].[Al+3].[Ga].[Ga].[O-2].[O-2].[O-2]. The van der Waals surface area contributed by atoms with E-state index in [2.05, 4.69) is 0 Å². The average Bonchev–Trinajstić information content (AvgIpc) is 0. The molecule has 0 aliphatic rings. The van der Waals surface area contributed by atoms with E-state index in [0.29, 0.717) is 0 Å². The molecule has 0 saturated heterocycles. The first-order valence-corrected chi connectivity index (χ1v) is 0. The van der Waals surface area contributed by atoms with Crippen LogP contribution in [0.1, 0.15) is 0 Å². The molecule has 0 aromatic rings. The van der Waals surface area contributed by atoms with Gasteiger partial charge in [-0.1, -0.05) is 0 Å². The molecule has 9 heavy (non-hydrogen) atoms. The fourth-order valence-electron chi connectivity index (χ4n) is 0. The summed E-state index contributed by atoms with van der Waals surface area (Å²) in [6.07, 6.45) is 0. The second-order valence-electron chi connectivity index (χ2n) is 0. The summed E-state index contributed by atoms with van der Waals surface area (Å²) >= 11 is 0. The quantitative estimate of drug-likeness (QED) is 0.375. The Kier molecular flexibility index (Phi) is 2070. The van der Waals surface area contributed by atoms with E-state index in [-0.39, 0.29) is 111 Å². The summed E-state index contributed by atoms with van der Waals surface area (Å²) in [6.45, 7) is 0. The van der Waals surface area contributed by atoms with Crippen LogP contribution in [0.3, 0.4) is 0 Å². The number of hydrogen-bond donors (Lipinski definition) is 0. The molecule has 0 spiro atoms. The molecule has 6 radical (unpaired) electrons. The number of hydrogen-bond acceptors (Lipinski definition) is 0. The molecular weight excluding hydrogens is 303 g/mol. The van der Waals surface area contributed by atoms with Crippen LogP contribution < -0.4 is 0 Å². The first-order chi connectivity index (χ1) is 0. The summed E-state index contributed by atoms with van der Waals surface area (Å²) in [7, 11) is 0. The number of rotatable bonds is 0. The molecule has 2 atom stereocenters. The monoisotopic (exact) mass is 308 g/mol. The van der Waals surface area contributed by atoms with Crippen molar-refractivity contribution < 1.29 is 16.4 Å². The van der Waals surface area contributed by atoms with Gasteiger partial charge in [0.25, 0.3) is 0 Å². The summed E-state index contributed by atoms with van der Waals surface area (Å²) in [4.78, 5) is 0. The molecule has 0 aromatic heterocycles. The summed E-state index contributed by atoms with van der Waals surface area (Å²) in [5.74, 6) is 0. The minimum Gasteiger partial charge on any atom is -2.00 e. The van der Waals surface area contributed by atoms with Crippen molar-refractivity contribution in [1.82, 2.24) is 0 Å². The largest absolute Gasteiger partial charge is 3.00 e. The Morgan fingerprint density at radius 3 is 0.444 bits per heavy atom. The van der Waals surface area contributed by atoms with Crippen LogP contribution >= 0.6 is 19.8 Å². The van der Waals surface area contributed by atoms with Gasteiger partial charge in [0.05, 0.1) is 0 Å². The third-order valence-electron chi connectivity index (χ3n) is 0. The van der Waals surface area contributed by atoms with E-state index in [0.717, 1.165) is 0 Å². The van der Waals surface area contributed by atoms with Gasteiger partial charge in [-0.3, -0.25) is 0 Å². The predicted molar refractivity (Wildman–Crippen MR) is 47.3 cm³/mol. The van der Waals surface area contributed by atoms with Crippen molar-refractivity contribution in [2.75, 3.05) is 0 Å². The Morgan fingerprint density at radius 2 is 0.444 bits per heavy atom. The summed E-state index contributed by atoms with van der Waals surface area (Å²) < 4.78 is 0. The molecule has 2 unspecified atom stereocenters. The molecule has 0 heterocycles. The fraction of sp³-hybridized carbons (Fsp3) is 0. The van der Waals surface area contributed by atoms with Crippen LogP contribution in [0.2, 0.25) is 0 Å². The van der Waals surface area contributed by atoms with Crippen molar-refractivity contribution in [3.05, 3.63) is 0 Å². The van der Waals surface area contributed by atoms with Gasteiger partial charge in [0.15, 0.2) is 0 Å². The van der Waals surface area contributed by atoms with Gasteiger partial charge in [-0.2, -0.15) is 19.8 Å². The zero-order chi connectivity index (χ0) is 0. The Balaban J connectivity index is 0. The third kappa shape index (κ3) is 96.4. The molecule has 0 aromatic carbocycles. The van der Waals surface area contributed by atoms with Gasteiger partial charge in [-0.05, 0) is 0 Å². The van der Waals surface area contributed by atoms with E-state index >= 15 is 0 Å². The van der Waals surface area contributed by atoms with Crippen molar-refractivity contribution in [2.24, 2.45) is 0 Å². The van der Waals surface area contributed by atoms with Crippen LogP contribution in [0.15, 0.2) is 0 Å². The Morgan fingerprint density at radius 1 is 0.444 bits per heavy atom. The Bertz CT molecular complexity index is 17.8. The van der Waals surface area contributed by atoms with E-state index in [9.17, 15) is 0 Å². The van der Waals surface area contributed by atoms with Gasteiger partial charge in [0, 0.05) is 39.6 Å². The molecule has 0 aliphatic carbocycles. The van der Waals surface area contributed by atoms with Gasteiger partial charge in [0.1, 0.15) is 0 Å². The molecule has 0 amide bonds. The molecule has 0 bridgehead atoms. The third-order valence-corrected chi connectivity index (χ3v) is 0. The molecule has 0 N–H and O–H groups in total. The zero-order valence-electron chi connectivity index (χ0n) is 4.95. The van der Waals surface area contributed by atoms with Crippen molar-refractivity contribution in [1.29, 1.82) is 0 Å². The van der Waals surface area contributed by atoms with E-state index in [1.165, 1.54) is 0 Å². The van der Waals surface area contributed by atoms with E-state index in [1.54, 1.807) is 0 Å². The van der Waals surface area contributed by atoms with Crippen molar-refractivity contribution in [3.63, 3.8) is 0 Å². The van der Waals surface area contributed by atoms with E-state index in [1.807, 2.05) is 0 Å². The minimum absolute atomic E-state index is 0. The molecule has 0 saturated carbocycles. The molecule has 46 valence electrons. The van der Waals surface area contributed by atoms with Crippen molar-refractivity contribution in [3.8, 4) is 0 Å². The smallest absolute Gasteiger partial charge is 2.00 e. The standard InChI is InChI=1S/2Al.2Ga.3O.2H3P/h;;;;;;;2*1H3/q2*+3;;;3*-2;;.